The van der Waals surface area contributed by atoms with Crippen LogP contribution in [0.4, 0.5) is 5.82 Å². The minimum atomic E-state index is -3.20. The molecule has 24 heavy (non-hydrogen) atoms. The first kappa shape index (κ1) is 15.6. The lowest BCUT2D eigenvalue weighted by atomic mass is 9.67. The van der Waals surface area contributed by atoms with Crippen molar-refractivity contribution in [3.05, 3.63) is 54.2 Å². The normalized spacial score (nSPS) is 22.5. The number of nitrogens with zero attached hydrogens (tertiary/aromatic N) is 2. The molecule has 4 nitrogen and oxygen atoms in total. The summed E-state index contributed by atoms with van der Waals surface area (Å²) in [7, 11) is -3.20. The first-order valence-electron chi connectivity index (χ1n) is 8.47. The van der Waals surface area contributed by atoms with Crippen molar-refractivity contribution in [3.8, 4) is 0 Å². The van der Waals surface area contributed by atoms with Crippen LogP contribution in [0.5, 0.6) is 0 Å². The Morgan fingerprint density at radius 2 is 1.79 bits per heavy atom. The van der Waals surface area contributed by atoms with Gasteiger partial charge in [0, 0.05) is 24.4 Å². The van der Waals surface area contributed by atoms with Crippen LogP contribution in [0.3, 0.4) is 0 Å². The third-order valence-electron chi connectivity index (χ3n) is 5.53. The number of aromatic nitrogens is 1. The molecule has 4 rings (SSSR count). The molecule has 0 bridgehead atoms. The van der Waals surface area contributed by atoms with E-state index in [2.05, 4.69) is 34.1 Å². The molecule has 1 aromatic carbocycles. The highest BCUT2D eigenvalue weighted by Crippen LogP contribution is 2.58. The molecule has 2 aromatic rings. The Bertz CT molecular complexity index is 825. The molecule has 1 saturated heterocycles. The molecular weight excluding hydrogens is 320 g/mol. The van der Waals surface area contributed by atoms with E-state index in [-0.39, 0.29) is 4.90 Å². The molecule has 1 aromatic heterocycles. The predicted octanol–water partition coefficient (Wildman–Crippen LogP) is 3.61. The lowest BCUT2D eigenvalue weighted by Gasteiger charge is -2.57. The van der Waals surface area contributed by atoms with Crippen LogP contribution >= 0.6 is 0 Å². The molecule has 5 heteroatoms. The number of rotatable bonds is 3. The first-order valence-corrected chi connectivity index (χ1v) is 10.4. The Labute approximate surface area is 143 Å². The van der Waals surface area contributed by atoms with Crippen molar-refractivity contribution in [2.24, 2.45) is 5.41 Å². The molecule has 0 amide bonds. The molecule has 1 aliphatic carbocycles. The zero-order valence-corrected chi connectivity index (χ0v) is 14.7. The van der Waals surface area contributed by atoms with Crippen LogP contribution in [-0.4, -0.2) is 26.2 Å². The van der Waals surface area contributed by atoms with Crippen LogP contribution in [0.15, 0.2) is 53.6 Å². The van der Waals surface area contributed by atoms with Crippen molar-refractivity contribution in [2.75, 3.05) is 17.7 Å². The Morgan fingerprint density at radius 3 is 2.38 bits per heavy atom. The molecule has 2 aliphatic rings. The van der Waals surface area contributed by atoms with Crippen molar-refractivity contribution in [1.29, 1.82) is 0 Å². The highest BCUT2D eigenvalue weighted by atomic mass is 32.2. The second-order valence-electron chi connectivity index (χ2n) is 7.13. The minimum absolute atomic E-state index is 0.276. The lowest BCUT2D eigenvalue weighted by Crippen LogP contribution is -2.57. The van der Waals surface area contributed by atoms with Gasteiger partial charge in [0.2, 0.25) is 0 Å². The molecule has 1 saturated carbocycles. The second kappa shape index (κ2) is 5.59. The number of pyridine rings is 1. The smallest absolute Gasteiger partial charge is 0.177 e. The molecule has 0 radical (unpaired) electrons. The van der Waals surface area contributed by atoms with Gasteiger partial charge in [0.05, 0.1) is 10.9 Å². The van der Waals surface area contributed by atoms with Gasteiger partial charge in [0.15, 0.2) is 9.84 Å². The van der Waals surface area contributed by atoms with Crippen LogP contribution in [0, 0.1) is 5.41 Å². The maximum absolute atomic E-state index is 11.6. The summed E-state index contributed by atoms with van der Waals surface area (Å²) in [4.78, 5) is 7.05. The molecule has 1 spiro atoms. The second-order valence-corrected chi connectivity index (χ2v) is 9.15. The fourth-order valence-corrected chi connectivity index (χ4v) is 4.95. The molecule has 126 valence electrons. The highest BCUT2D eigenvalue weighted by molar-refractivity contribution is 7.90. The van der Waals surface area contributed by atoms with Crippen molar-refractivity contribution in [2.45, 2.75) is 36.6 Å². The average Bonchev–Trinajstić information content (AvgIpc) is 3.05. The minimum Gasteiger partial charge on any atom is -0.348 e. The van der Waals surface area contributed by atoms with Crippen molar-refractivity contribution >= 4 is 15.7 Å². The summed E-state index contributed by atoms with van der Waals surface area (Å²) >= 11 is 0. The van der Waals surface area contributed by atoms with E-state index in [0.29, 0.717) is 11.5 Å². The Hall–Kier alpha value is -1.88. The topological polar surface area (TPSA) is 50.3 Å². The standard InChI is InChI=1S/C19H22N2O2S/c1-24(22,23)16-9-10-17(20-13-16)21-14-19(11-5-6-12-19)18(21)15-7-3-2-4-8-15/h2-4,7-10,13,18H,5-6,11-12,14H2,1H3/t18-/m1/s1. The Kier molecular flexibility index (Phi) is 3.64. The Balaban J connectivity index is 1.68. The SMILES string of the molecule is CS(=O)(=O)c1ccc(N2CC3(CCCC3)[C@H]2c2ccccc2)nc1. The van der Waals surface area contributed by atoms with Gasteiger partial charge in [-0.3, -0.25) is 0 Å². The summed E-state index contributed by atoms with van der Waals surface area (Å²) in [6.07, 6.45) is 7.84. The number of sulfone groups is 1. The zero-order valence-electron chi connectivity index (χ0n) is 13.9. The van der Waals surface area contributed by atoms with E-state index in [4.69, 9.17) is 0 Å². The third-order valence-corrected chi connectivity index (χ3v) is 6.63. The van der Waals surface area contributed by atoms with Gasteiger partial charge in [-0.25, -0.2) is 13.4 Å². The fraction of sp³-hybridized carbons (Fsp3) is 0.421. The number of hydrogen-bond acceptors (Lipinski definition) is 4. The lowest BCUT2D eigenvalue weighted by molar-refractivity contribution is 0.135. The molecular formula is C19H22N2O2S. The summed E-state index contributed by atoms with van der Waals surface area (Å²) in [6, 6.07) is 14.5. The van der Waals surface area contributed by atoms with E-state index in [1.165, 1.54) is 43.7 Å². The van der Waals surface area contributed by atoms with Gasteiger partial charge in [0.1, 0.15) is 5.82 Å². The molecule has 2 fully saturated rings. The van der Waals surface area contributed by atoms with E-state index in [0.717, 1.165) is 12.4 Å². The van der Waals surface area contributed by atoms with Gasteiger partial charge >= 0.3 is 0 Å². The molecule has 0 unspecified atom stereocenters. The number of hydrogen-bond donors (Lipinski definition) is 0. The van der Waals surface area contributed by atoms with Gasteiger partial charge in [-0.2, -0.15) is 0 Å². The van der Waals surface area contributed by atoms with Crippen molar-refractivity contribution in [3.63, 3.8) is 0 Å². The van der Waals surface area contributed by atoms with E-state index in [1.807, 2.05) is 12.1 Å². The maximum atomic E-state index is 11.6. The third kappa shape index (κ3) is 2.51. The van der Waals surface area contributed by atoms with Gasteiger partial charge < -0.3 is 4.90 Å². The van der Waals surface area contributed by atoms with Gasteiger partial charge in [-0.1, -0.05) is 43.2 Å². The molecule has 2 heterocycles. The fourth-order valence-electron chi connectivity index (χ4n) is 4.39. The van der Waals surface area contributed by atoms with E-state index in [9.17, 15) is 8.42 Å². The largest absolute Gasteiger partial charge is 0.348 e. The van der Waals surface area contributed by atoms with E-state index in [1.54, 1.807) is 6.07 Å². The first-order chi connectivity index (χ1) is 11.5. The average molecular weight is 342 g/mol. The monoisotopic (exact) mass is 342 g/mol. The maximum Gasteiger partial charge on any atom is 0.177 e. The van der Waals surface area contributed by atoms with Crippen LogP contribution in [-0.2, 0) is 9.84 Å². The summed E-state index contributed by atoms with van der Waals surface area (Å²) in [5, 5.41) is 0. The van der Waals surface area contributed by atoms with E-state index >= 15 is 0 Å². The molecule has 1 aliphatic heterocycles. The summed E-state index contributed by atoms with van der Waals surface area (Å²) in [5.41, 5.74) is 1.69. The number of anilines is 1. The van der Waals surface area contributed by atoms with Gasteiger partial charge in [-0.15, -0.1) is 0 Å². The van der Waals surface area contributed by atoms with Gasteiger partial charge in [0.25, 0.3) is 0 Å². The van der Waals surface area contributed by atoms with Crippen LogP contribution in [0.25, 0.3) is 0 Å². The number of benzene rings is 1. The molecule has 1 atom stereocenters. The summed E-state index contributed by atoms with van der Waals surface area (Å²) in [5.74, 6) is 0.869. The van der Waals surface area contributed by atoms with Crippen LogP contribution in [0.1, 0.15) is 37.3 Å². The van der Waals surface area contributed by atoms with Gasteiger partial charge in [-0.05, 0) is 30.5 Å². The van der Waals surface area contributed by atoms with Crippen molar-refractivity contribution < 1.29 is 8.42 Å². The molecule has 0 N–H and O–H groups in total. The highest BCUT2D eigenvalue weighted by Gasteiger charge is 2.54. The Morgan fingerprint density at radius 1 is 1.08 bits per heavy atom. The van der Waals surface area contributed by atoms with Crippen molar-refractivity contribution in [1.82, 2.24) is 4.98 Å². The summed E-state index contributed by atoms with van der Waals surface area (Å²) in [6.45, 7) is 1.01. The quantitative estimate of drug-likeness (QED) is 0.855. The van der Waals surface area contributed by atoms with Crippen LogP contribution in [0.2, 0.25) is 0 Å². The summed E-state index contributed by atoms with van der Waals surface area (Å²) < 4.78 is 23.3. The zero-order chi connectivity index (χ0) is 16.8. The van der Waals surface area contributed by atoms with E-state index < -0.39 is 9.84 Å². The predicted molar refractivity (Wildman–Crippen MR) is 94.8 cm³/mol. The van der Waals surface area contributed by atoms with Crippen LogP contribution < -0.4 is 4.90 Å².